The molecule has 168 valence electrons. The van der Waals surface area contributed by atoms with Crippen LogP contribution in [0.3, 0.4) is 0 Å². The van der Waals surface area contributed by atoms with Crippen molar-refractivity contribution in [3.8, 4) is 0 Å². The van der Waals surface area contributed by atoms with Gasteiger partial charge in [0.25, 0.3) is 5.91 Å². The van der Waals surface area contributed by atoms with Crippen LogP contribution in [0.15, 0.2) is 47.6 Å². The summed E-state index contributed by atoms with van der Waals surface area (Å²) < 4.78 is 1.89. The largest absolute Gasteiger partial charge is 0.342 e. The number of hydrogen-bond acceptors (Lipinski definition) is 5. The van der Waals surface area contributed by atoms with Gasteiger partial charge in [0.15, 0.2) is 11.0 Å². The number of rotatable bonds is 8. The van der Waals surface area contributed by atoms with Gasteiger partial charge in [-0.15, -0.1) is 10.2 Å². The quantitative estimate of drug-likeness (QED) is 0.426. The fourth-order valence-electron chi connectivity index (χ4n) is 2.97. The van der Waals surface area contributed by atoms with E-state index in [2.05, 4.69) is 20.8 Å². The van der Waals surface area contributed by atoms with Gasteiger partial charge in [0.05, 0.1) is 21.8 Å². The van der Waals surface area contributed by atoms with Gasteiger partial charge in [0.2, 0.25) is 5.91 Å². The first-order valence-corrected chi connectivity index (χ1v) is 11.7. The molecule has 0 fully saturated rings. The number of nitrogens with one attached hydrogen (secondary N) is 2. The molecule has 3 aromatic rings. The molecule has 1 atom stereocenters. The van der Waals surface area contributed by atoms with Gasteiger partial charge in [-0.05, 0) is 51.1 Å². The third-order valence-corrected chi connectivity index (χ3v) is 6.35. The highest BCUT2D eigenvalue weighted by molar-refractivity contribution is 7.99. The molecule has 1 heterocycles. The number of hydrogen-bond donors (Lipinski definition) is 2. The lowest BCUT2D eigenvalue weighted by Gasteiger charge is -2.15. The van der Waals surface area contributed by atoms with Crippen molar-refractivity contribution in [2.24, 2.45) is 0 Å². The molecule has 0 unspecified atom stereocenters. The van der Waals surface area contributed by atoms with Crippen molar-refractivity contribution in [1.82, 2.24) is 20.1 Å². The average molecular weight is 492 g/mol. The molecule has 0 spiro atoms. The fourth-order valence-corrected chi connectivity index (χ4v) is 4.08. The van der Waals surface area contributed by atoms with Gasteiger partial charge in [-0.2, -0.15) is 0 Å². The topological polar surface area (TPSA) is 88.9 Å². The van der Waals surface area contributed by atoms with Crippen LogP contribution in [0.4, 0.5) is 5.69 Å². The van der Waals surface area contributed by atoms with Crippen molar-refractivity contribution >= 4 is 52.5 Å². The molecule has 10 heteroatoms. The van der Waals surface area contributed by atoms with E-state index in [1.807, 2.05) is 37.5 Å². The van der Waals surface area contributed by atoms with E-state index in [0.29, 0.717) is 38.8 Å². The average Bonchev–Trinajstić information content (AvgIpc) is 3.18. The summed E-state index contributed by atoms with van der Waals surface area (Å²) in [5.41, 5.74) is 2.24. The van der Waals surface area contributed by atoms with E-state index in [-0.39, 0.29) is 23.6 Å². The number of anilines is 1. The van der Waals surface area contributed by atoms with Crippen molar-refractivity contribution in [3.63, 3.8) is 0 Å². The molecule has 0 saturated heterocycles. The van der Waals surface area contributed by atoms with Crippen LogP contribution >= 0.6 is 35.0 Å². The molecule has 0 bridgehead atoms. The van der Waals surface area contributed by atoms with E-state index in [1.54, 1.807) is 30.3 Å². The summed E-state index contributed by atoms with van der Waals surface area (Å²) in [4.78, 5) is 24.9. The van der Waals surface area contributed by atoms with Gasteiger partial charge in [0, 0.05) is 17.8 Å². The first kappa shape index (κ1) is 24.1. The summed E-state index contributed by atoms with van der Waals surface area (Å²) in [5.74, 6) is 0.377. The van der Waals surface area contributed by atoms with E-state index in [4.69, 9.17) is 23.2 Å². The molecule has 0 saturated carbocycles. The summed E-state index contributed by atoms with van der Waals surface area (Å²) in [6.07, 6.45) is 0. The summed E-state index contributed by atoms with van der Waals surface area (Å²) in [6, 6.07) is 11.9. The summed E-state index contributed by atoms with van der Waals surface area (Å²) in [5, 5.41) is 15.6. The number of aryl methyl sites for hydroxylation is 1. The van der Waals surface area contributed by atoms with Crippen LogP contribution in [0.2, 0.25) is 10.0 Å². The minimum Gasteiger partial charge on any atom is -0.342 e. The molecule has 0 aliphatic carbocycles. The van der Waals surface area contributed by atoms with E-state index in [0.717, 1.165) is 5.56 Å². The van der Waals surface area contributed by atoms with Crippen LogP contribution in [0.5, 0.6) is 0 Å². The molecule has 2 amide bonds. The first-order valence-electron chi connectivity index (χ1n) is 9.96. The van der Waals surface area contributed by atoms with Gasteiger partial charge < -0.3 is 15.2 Å². The second-order valence-electron chi connectivity index (χ2n) is 7.11. The minimum atomic E-state index is -0.351. The molecular weight excluding hydrogens is 469 g/mol. The lowest BCUT2D eigenvalue weighted by Crippen LogP contribution is -2.28. The normalized spacial score (nSPS) is 11.8. The molecule has 0 aliphatic rings. The Labute approximate surface area is 200 Å². The maximum absolute atomic E-state index is 12.5. The zero-order chi connectivity index (χ0) is 23.3. The first-order chi connectivity index (χ1) is 15.3. The Morgan fingerprint density at radius 3 is 2.47 bits per heavy atom. The Balaban J connectivity index is 1.62. The Morgan fingerprint density at radius 2 is 1.81 bits per heavy atom. The Morgan fingerprint density at radius 1 is 1.09 bits per heavy atom. The number of amides is 2. The molecule has 0 radical (unpaired) electrons. The van der Waals surface area contributed by atoms with Crippen LogP contribution in [0.25, 0.3) is 0 Å². The monoisotopic (exact) mass is 491 g/mol. The molecule has 32 heavy (non-hydrogen) atoms. The third kappa shape index (κ3) is 6.03. The number of carbonyl (C=O) groups excluding carboxylic acids is 2. The standard InChI is InChI=1S/C22H23Cl2N5O2S/c1-4-29-20(14(3)25-21(31)15-7-5-13(2)6-8-15)27-28-22(29)32-12-19(30)26-16-9-10-17(23)18(24)11-16/h5-11,14H,4,12H2,1-3H3,(H,25,31)(H,26,30)/t14-/m1/s1. The SMILES string of the molecule is CCn1c(SCC(=O)Nc2ccc(Cl)c(Cl)c2)nnc1[C@@H](C)NC(=O)c1ccc(C)cc1. The number of nitrogens with zero attached hydrogens (tertiary/aromatic N) is 3. The molecule has 2 N–H and O–H groups in total. The molecular formula is C22H23Cl2N5O2S. The van der Waals surface area contributed by atoms with Crippen LogP contribution in [0.1, 0.15) is 41.6 Å². The molecule has 7 nitrogen and oxygen atoms in total. The number of thioether (sulfide) groups is 1. The van der Waals surface area contributed by atoms with Crippen LogP contribution < -0.4 is 10.6 Å². The predicted molar refractivity (Wildman–Crippen MR) is 129 cm³/mol. The van der Waals surface area contributed by atoms with Crippen LogP contribution in [0, 0.1) is 6.92 Å². The fraction of sp³-hybridized carbons (Fsp3) is 0.273. The number of halogens is 2. The highest BCUT2D eigenvalue weighted by atomic mass is 35.5. The lowest BCUT2D eigenvalue weighted by molar-refractivity contribution is -0.113. The predicted octanol–water partition coefficient (Wildman–Crippen LogP) is 5.14. The number of carbonyl (C=O) groups is 2. The Hall–Kier alpha value is -2.55. The van der Waals surface area contributed by atoms with Crippen molar-refractivity contribution in [2.75, 3.05) is 11.1 Å². The summed E-state index contributed by atoms with van der Waals surface area (Å²) in [6.45, 7) is 6.39. The second-order valence-corrected chi connectivity index (χ2v) is 8.87. The van der Waals surface area contributed by atoms with Gasteiger partial charge in [-0.25, -0.2) is 0 Å². The summed E-state index contributed by atoms with van der Waals surface area (Å²) >= 11 is 13.2. The van der Waals surface area contributed by atoms with Crippen molar-refractivity contribution < 1.29 is 9.59 Å². The number of aromatic nitrogens is 3. The van der Waals surface area contributed by atoms with E-state index < -0.39 is 0 Å². The van der Waals surface area contributed by atoms with Gasteiger partial charge in [0.1, 0.15) is 0 Å². The zero-order valence-electron chi connectivity index (χ0n) is 17.9. The van der Waals surface area contributed by atoms with Crippen molar-refractivity contribution in [3.05, 3.63) is 69.5 Å². The molecule has 3 rings (SSSR count). The Kier molecular flexibility index (Phi) is 8.17. The molecule has 0 aliphatic heterocycles. The van der Waals surface area contributed by atoms with Crippen LogP contribution in [-0.4, -0.2) is 32.3 Å². The van der Waals surface area contributed by atoms with Crippen molar-refractivity contribution in [1.29, 1.82) is 0 Å². The second kappa shape index (κ2) is 10.8. The third-order valence-electron chi connectivity index (χ3n) is 4.65. The lowest BCUT2D eigenvalue weighted by atomic mass is 10.1. The van der Waals surface area contributed by atoms with Gasteiger partial charge in [-0.1, -0.05) is 52.7 Å². The summed E-state index contributed by atoms with van der Waals surface area (Å²) in [7, 11) is 0. The van der Waals surface area contributed by atoms with E-state index in [9.17, 15) is 9.59 Å². The minimum absolute atomic E-state index is 0.141. The van der Waals surface area contributed by atoms with Gasteiger partial charge >= 0.3 is 0 Å². The maximum atomic E-state index is 12.5. The smallest absolute Gasteiger partial charge is 0.251 e. The van der Waals surface area contributed by atoms with Crippen molar-refractivity contribution in [2.45, 2.75) is 38.5 Å². The maximum Gasteiger partial charge on any atom is 0.251 e. The van der Waals surface area contributed by atoms with E-state index in [1.165, 1.54) is 11.8 Å². The highest BCUT2D eigenvalue weighted by Crippen LogP contribution is 2.26. The Bertz CT molecular complexity index is 1120. The zero-order valence-corrected chi connectivity index (χ0v) is 20.2. The molecule has 2 aromatic carbocycles. The van der Waals surface area contributed by atoms with E-state index >= 15 is 0 Å². The number of benzene rings is 2. The molecule has 1 aromatic heterocycles. The highest BCUT2D eigenvalue weighted by Gasteiger charge is 2.20. The van der Waals surface area contributed by atoms with Gasteiger partial charge in [-0.3, -0.25) is 9.59 Å². The van der Waals surface area contributed by atoms with Crippen LogP contribution in [-0.2, 0) is 11.3 Å².